The number of carboxylic acids is 1. The van der Waals surface area contributed by atoms with E-state index < -0.39 is 22.8 Å². The summed E-state index contributed by atoms with van der Waals surface area (Å²) < 4.78 is 11.3. The van der Waals surface area contributed by atoms with E-state index in [0.717, 1.165) is 12.8 Å². The van der Waals surface area contributed by atoms with Gasteiger partial charge in [0.05, 0.1) is 0 Å². The minimum absolute atomic E-state index is 0.264. The van der Waals surface area contributed by atoms with Gasteiger partial charge >= 0.3 is 5.97 Å². The lowest BCUT2D eigenvalue weighted by molar-refractivity contribution is -0.137. The third-order valence-corrected chi connectivity index (χ3v) is 4.13. The third kappa shape index (κ3) is 10.7. The van der Waals surface area contributed by atoms with E-state index in [1.54, 1.807) is 6.26 Å². The molecule has 8 heteroatoms. The molecule has 0 radical (unpaired) electrons. The Morgan fingerprint density at radius 1 is 1.59 bits per heavy atom. The van der Waals surface area contributed by atoms with E-state index in [9.17, 15) is 9.00 Å². The lowest BCUT2D eigenvalue weighted by atomic mass is 10.3. The molecule has 0 unspecified atom stereocenters. The highest BCUT2D eigenvalue weighted by Crippen LogP contribution is 2.04. The van der Waals surface area contributed by atoms with Crippen LogP contribution in [0.5, 0.6) is 0 Å². The van der Waals surface area contributed by atoms with Crippen molar-refractivity contribution in [3.05, 3.63) is 0 Å². The fourth-order valence-electron chi connectivity index (χ4n) is 0.909. The maximum absolute atomic E-state index is 10.8. The van der Waals surface area contributed by atoms with Crippen molar-refractivity contribution >= 4 is 45.1 Å². The number of carbonyl (C=O) groups is 1. The largest absolute Gasteiger partial charge is 0.480 e. The SMILES string of the molecule is C[S@@](=O)CCCCNC(=S)SC[C@H](N)C(=O)O. The summed E-state index contributed by atoms with van der Waals surface area (Å²) in [5.74, 6) is -0.0586. The van der Waals surface area contributed by atoms with Crippen LogP contribution >= 0.6 is 24.0 Å². The minimum atomic E-state index is -1.02. The van der Waals surface area contributed by atoms with Gasteiger partial charge in [-0.2, -0.15) is 0 Å². The number of nitrogens with one attached hydrogen (secondary N) is 1. The molecule has 0 fully saturated rings. The van der Waals surface area contributed by atoms with E-state index in [1.165, 1.54) is 11.8 Å². The second kappa shape index (κ2) is 9.81. The van der Waals surface area contributed by atoms with Crippen LogP contribution in [-0.4, -0.2) is 50.0 Å². The molecule has 100 valence electrons. The number of carboxylic acid groups (broad SMARTS) is 1. The van der Waals surface area contributed by atoms with Crippen LogP contribution in [0.15, 0.2) is 0 Å². The summed E-state index contributed by atoms with van der Waals surface area (Å²) in [4.78, 5) is 10.4. The highest BCUT2D eigenvalue weighted by Gasteiger charge is 2.12. The first-order valence-electron chi connectivity index (χ1n) is 5.12. The van der Waals surface area contributed by atoms with Crippen molar-refractivity contribution in [3.8, 4) is 0 Å². The van der Waals surface area contributed by atoms with Gasteiger partial charge in [-0.25, -0.2) is 0 Å². The smallest absolute Gasteiger partial charge is 0.321 e. The molecule has 0 aromatic carbocycles. The van der Waals surface area contributed by atoms with Crippen LogP contribution in [0.25, 0.3) is 0 Å². The molecule has 0 spiro atoms. The van der Waals surface area contributed by atoms with E-state index in [0.29, 0.717) is 16.6 Å². The Bertz CT molecular complexity index is 287. The zero-order valence-electron chi connectivity index (χ0n) is 9.68. The van der Waals surface area contributed by atoms with Gasteiger partial charge in [-0.3, -0.25) is 9.00 Å². The Morgan fingerprint density at radius 2 is 2.24 bits per heavy atom. The number of hydrogen-bond donors (Lipinski definition) is 3. The molecule has 2 atom stereocenters. The van der Waals surface area contributed by atoms with Crippen molar-refractivity contribution < 1.29 is 14.1 Å². The summed E-state index contributed by atoms with van der Waals surface area (Å²) in [6.07, 6.45) is 3.46. The van der Waals surface area contributed by atoms with Crippen LogP contribution in [0.1, 0.15) is 12.8 Å². The van der Waals surface area contributed by atoms with Gasteiger partial charge in [-0.15, -0.1) is 0 Å². The molecule has 0 aromatic rings. The lowest BCUT2D eigenvalue weighted by Gasteiger charge is -2.09. The summed E-state index contributed by atoms with van der Waals surface area (Å²) in [7, 11) is -0.742. The molecule has 5 nitrogen and oxygen atoms in total. The normalized spacial score (nSPS) is 14.0. The highest BCUT2D eigenvalue weighted by molar-refractivity contribution is 8.23. The van der Waals surface area contributed by atoms with Crippen molar-refractivity contribution in [1.82, 2.24) is 5.32 Å². The summed E-state index contributed by atoms with van der Waals surface area (Å²) in [6.45, 7) is 0.714. The summed E-state index contributed by atoms with van der Waals surface area (Å²) in [5.41, 5.74) is 5.33. The number of nitrogens with two attached hydrogens (primary N) is 1. The van der Waals surface area contributed by atoms with Gasteiger partial charge < -0.3 is 16.2 Å². The molecule has 17 heavy (non-hydrogen) atoms. The Balaban J connectivity index is 3.47. The first-order chi connectivity index (χ1) is 7.93. The Hall–Kier alpha value is -0.180. The van der Waals surface area contributed by atoms with E-state index in [-0.39, 0.29) is 5.75 Å². The van der Waals surface area contributed by atoms with Crippen LogP contribution in [-0.2, 0) is 15.6 Å². The van der Waals surface area contributed by atoms with E-state index in [1.807, 2.05) is 0 Å². The van der Waals surface area contributed by atoms with Gasteiger partial charge in [0.2, 0.25) is 0 Å². The zero-order chi connectivity index (χ0) is 13.3. The quantitative estimate of drug-likeness (QED) is 0.434. The van der Waals surface area contributed by atoms with Crippen LogP contribution in [0.4, 0.5) is 0 Å². The van der Waals surface area contributed by atoms with Gasteiger partial charge in [0.15, 0.2) is 0 Å². The lowest BCUT2D eigenvalue weighted by Crippen LogP contribution is -2.34. The second-order valence-corrected chi connectivity index (χ2v) is 6.71. The van der Waals surface area contributed by atoms with E-state index in [4.69, 9.17) is 23.1 Å². The Morgan fingerprint density at radius 3 is 2.76 bits per heavy atom. The molecular formula is C9H18N2O3S3. The molecule has 4 N–H and O–H groups in total. The molecule has 0 rings (SSSR count). The summed E-state index contributed by atoms with van der Waals surface area (Å²) in [5, 5.41) is 11.6. The van der Waals surface area contributed by atoms with Crippen molar-refractivity contribution in [2.75, 3.05) is 24.3 Å². The number of unbranched alkanes of at least 4 members (excludes halogenated alkanes) is 1. The highest BCUT2D eigenvalue weighted by atomic mass is 32.2. The molecule has 0 heterocycles. The summed E-state index contributed by atoms with van der Waals surface area (Å²) in [6, 6.07) is -0.887. The van der Waals surface area contributed by atoms with Gasteiger partial charge in [-0.1, -0.05) is 24.0 Å². The first kappa shape index (κ1) is 16.8. The van der Waals surface area contributed by atoms with Crippen molar-refractivity contribution in [2.24, 2.45) is 5.73 Å². The number of aliphatic carboxylic acids is 1. The van der Waals surface area contributed by atoms with Crippen molar-refractivity contribution in [3.63, 3.8) is 0 Å². The fraction of sp³-hybridized carbons (Fsp3) is 0.778. The molecule has 0 bridgehead atoms. The average molecular weight is 298 g/mol. The standard InChI is InChI=1S/C9H18N2O3S3/c1-17(14)5-3-2-4-11-9(15)16-6-7(10)8(12)13/h7H,2-6,10H2,1H3,(H,11,15)(H,12,13)/t7-,17+/m0/s1. The molecule has 0 amide bonds. The van der Waals surface area contributed by atoms with E-state index in [2.05, 4.69) is 5.32 Å². The topological polar surface area (TPSA) is 92.4 Å². The number of thiocarbonyl (C=S) groups is 1. The molecular weight excluding hydrogens is 280 g/mol. The molecule has 0 aliphatic heterocycles. The van der Waals surface area contributed by atoms with Gasteiger partial charge in [0, 0.05) is 35.1 Å². The molecule has 0 aromatic heterocycles. The van der Waals surface area contributed by atoms with Gasteiger partial charge in [0.25, 0.3) is 0 Å². The van der Waals surface area contributed by atoms with Crippen LogP contribution in [0.2, 0.25) is 0 Å². The Labute approximate surface area is 113 Å². The second-order valence-electron chi connectivity index (χ2n) is 3.45. The van der Waals surface area contributed by atoms with Crippen LogP contribution < -0.4 is 11.1 Å². The average Bonchev–Trinajstić information content (AvgIpc) is 2.24. The summed E-state index contributed by atoms with van der Waals surface area (Å²) >= 11 is 6.24. The first-order valence-corrected chi connectivity index (χ1v) is 8.24. The van der Waals surface area contributed by atoms with Crippen LogP contribution in [0, 0.1) is 0 Å². The molecule has 0 aliphatic rings. The minimum Gasteiger partial charge on any atom is -0.480 e. The third-order valence-electron chi connectivity index (χ3n) is 1.84. The predicted octanol–water partition coefficient (Wildman–Crippen LogP) is 0.165. The monoisotopic (exact) mass is 298 g/mol. The van der Waals surface area contributed by atoms with E-state index >= 15 is 0 Å². The van der Waals surface area contributed by atoms with Crippen molar-refractivity contribution in [2.45, 2.75) is 18.9 Å². The maximum atomic E-state index is 10.8. The number of rotatable bonds is 8. The van der Waals surface area contributed by atoms with Crippen LogP contribution in [0.3, 0.4) is 0 Å². The van der Waals surface area contributed by atoms with Gasteiger partial charge in [0.1, 0.15) is 10.4 Å². The maximum Gasteiger partial charge on any atom is 0.321 e. The fourth-order valence-corrected chi connectivity index (χ4v) is 2.50. The molecule has 0 saturated carbocycles. The van der Waals surface area contributed by atoms with Gasteiger partial charge in [-0.05, 0) is 12.8 Å². The zero-order valence-corrected chi connectivity index (χ0v) is 12.1. The number of hydrogen-bond acceptors (Lipinski definition) is 5. The molecule has 0 aliphatic carbocycles. The van der Waals surface area contributed by atoms with Crippen molar-refractivity contribution in [1.29, 1.82) is 0 Å². The Kier molecular flexibility index (Phi) is 9.71. The molecule has 0 saturated heterocycles. The number of thioether (sulfide) groups is 1. The predicted molar refractivity (Wildman–Crippen MR) is 76.8 cm³/mol.